The van der Waals surface area contributed by atoms with E-state index in [1.54, 1.807) is 44.1 Å². The second kappa shape index (κ2) is 5.59. The van der Waals surface area contributed by atoms with E-state index in [1.165, 1.54) is 11.7 Å². The third-order valence-electron chi connectivity index (χ3n) is 6.85. The summed E-state index contributed by atoms with van der Waals surface area (Å²) in [4.78, 5) is 0. The zero-order valence-corrected chi connectivity index (χ0v) is 16.3. The van der Waals surface area contributed by atoms with E-state index in [1.807, 2.05) is 0 Å². The minimum Gasteiger partial charge on any atom is -0.0903 e. The van der Waals surface area contributed by atoms with E-state index in [0.29, 0.717) is 10.3 Å². The van der Waals surface area contributed by atoms with E-state index in [0.717, 1.165) is 17.8 Å². The van der Waals surface area contributed by atoms with E-state index in [-0.39, 0.29) is 7.92 Å². The maximum Gasteiger partial charge on any atom is -0.00634 e. The molecule has 4 saturated carbocycles. The highest BCUT2D eigenvalue weighted by atomic mass is 31.1. The number of aryl methyl sites for hydroxylation is 1. The largest absolute Gasteiger partial charge is 0.0903 e. The quantitative estimate of drug-likeness (QED) is 0.539. The number of hydrogen-bond donors (Lipinski definition) is 0. The van der Waals surface area contributed by atoms with Crippen molar-refractivity contribution in [2.45, 2.75) is 82.7 Å². The predicted molar refractivity (Wildman–Crippen MR) is 102 cm³/mol. The van der Waals surface area contributed by atoms with Crippen molar-refractivity contribution in [1.82, 2.24) is 0 Å². The van der Waals surface area contributed by atoms with Crippen LogP contribution in [0, 0.1) is 24.7 Å². The van der Waals surface area contributed by atoms with Gasteiger partial charge in [0, 0.05) is 0 Å². The smallest absolute Gasteiger partial charge is 0.00634 e. The molecule has 1 atom stereocenters. The van der Waals surface area contributed by atoms with Crippen LogP contribution in [0.25, 0.3) is 0 Å². The molecule has 0 N–H and O–H groups in total. The first-order valence-electron chi connectivity index (χ1n) is 9.67. The molecule has 23 heavy (non-hydrogen) atoms. The predicted octanol–water partition coefficient (Wildman–Crippen LogP) is 6.74. The van der Waals surface area contributed by atoms with Crippen LogP contribution < -0.4 is 0 Å². The standard InChI is InChI=1S/C22H33P/c1-16-5-7-17(8-6-16)15-23(21(2,3)4)22-12-18-9-19(13-22)11-20(10-18)14-22/h5-8,18-20H,9-15H2,1-4H3. The minimum atomic E-state index is 0.0383. The second-order valence-electron chi connectivity index (χ2n) is 9.88. The fourth-order valence-electron chi connectivity index (χ4n) is 6.39. The maximum atomic E-state index is 2.53. The molecule has 4 fully saturated rings. The lowest BCUT2D eigenvalue weighted by Crippen LogP contribution is -2.51. The monoisotopic (exact) mass is 328 g/mol. The van der Waals surface area contributed by atoms with Crippen molar-refractivity contribution < 1.29 is 0 Å². The molecule has 1 aromatic carbocycles. The Hall–Kier alpha value is -0.350. The highest BCUT2D eigenvalue weighted by Gasteiger charge is 2.55. The molecule has 1 aromatic rings. The molecule has 4 bridgehead atoms. The molecule has 0 aromatic heterocycles. The Morgan fingerprint density at radius 1 is 0.913 bits per heavy atom. The first-order valence-corrected chi connectivity index (χ1v) is 11.2. The molecule has 4 aliphatic carbocycles. The first-order chi connectivity index (χ1) is 10.8. The Labute approximate surface area is 144 Å². The Morgan fingerprint density at radius 2 is 1.39 bits per heavy atom. The zero-order valence-electron chi connectivity index (χ0n) is 15.4. The summed E-state index contributed by atoms with van der Waals surface area (Å²) in [5, 5.41) is 1.19. The number of hydrogen-bond acceptors (Lipinski definition) is 0. The summed E-state index contributed by atoms with van der Waals surface area (Å²) >= 11 is 0. The van der Waals surface area contributed by atoms with Gasteiger partial charge >= 0.3 is 0 Å². The van der Waals surface area contributed by atoms with Gasteiger partial charge < -0.3 is 0 Å². The van der Waals surface area contributed by atoms with Crippen molar-refractivity contribution in [1.29, 1.82) is 0 Å². The van der Waals surface area contributed by atoms with E-state index >= 15 is 0 Å². The molecule has 0 spiro atoms. The molecular formula is C22H33P. The highest BCUT2D eigenvalue weighted by molar-refractivity contribution is 7.60. The molecule has 4 aliphatic rings. The average molecular weight is 328 g/mol. The van der Waals surface area contributed by atoms with Gasteiger partial charge in [-0.25, -0.2) is 0 Å². The van der Waals surface area contributed by atoms with Gasteiger partial charge in [0.05, 0.1) is 0 Å². The molecule has 1 unspecified atom stereocenters. The van der Waals surface area contributed by atoms with Gasteiger partial charge in [0.15, 0.2) is 0 Å². The molecule has 0 heterocycles. The number of rotatable bonds is 3. The molecule has 5 rings (SSSR count). The second-order valence-corrected chi connectivity index (χ2v) is 13.3. The van der Waals surface area contributed by atoms with Crippen LogP contribution in [0.1, 0.15) is 70.4 Å². The third-order valence-corrected chi connectivity index (χ3v) is 10.8. The maximum absolute atomic E-state index is 2.53. The van der Waals surface area contributed by atoms with Gasteiger partial charge in [-0.1, -0.05) is 58.5 Å². The summed E-state index contributed by atoms with van der Waals surface area (Å²) in [6.45, 7) is 9.80. The summed E-state index contributed by atoms with van der Waals surface area (Å²) in [6.07, 6.45) is 10.7. The van der Waals surface area contributed by atoms with E-state index in [2.05, 4.69) is 52.0 Å². The van der Waals surface area contributed by atoms with Crippen LogP contribution >= 0.6 is 7.92 Å². The van der Waals surface area contributed by atoms with Gasteiger partial charge in [-0.05, 0) is 85.2 Å². The summed E-state index contributed by atoms with van der Waals surface area (Å²) in [7, 11) is 0.0383. The average Bonchev–Trinajstić information content (AvgIpc) is 2.43. The molecule has 0 aliphatic heterocycles. The van der Waals surface area contributed by atoms with Crippen molar-refractivity contribution in [2.75, 3.05) is 0 Å². The summed E-state index contributed by atoms with van der Waals surface area (Å²) in [6, 6.07) is 9.42. The Bertz CT molecular complexity index is 527. The van der Waals surface area contributed by atoms with Crippen molar-refractivity contribution >= 4 is 7.92 Å². The van der Waals surface area contributed by atoms with Gasteiger partial charge in [0.1, 0.15) is 0 Å². The van der Waals surface area contributed by atoms with Crippen molar-refractivity contribution in [3.63, 3.8) is 0 Å². The van der Waals surface area contributed by atoms with Gasteiger partial charge in [-0.2, -0.15) is 0 Å². The zero-order chi connectivity index (χ0) is 16.2. The minimum absolute atomic E-state index is 0.0383. The Morgan fingerprint density at radius 3 is 1.83 bits per heavy atom. The molecule has 0 radical (unpaired) electrons. The van der Waals surface area contributed by atoms with Crippen molar-refractivity contribution in [3.8, 4) is 0 Å². The van der Waals surface area contributed by atoms with Crippen molar-refractivity contribution in [3.05, 3.63) is 35.4 Å². The first kappa shape index (κ1) is 16.1. The van der Waals surface area contributed by atoms with E-state index in [9.17, 15) is 0 Å². The van der Waals surface area contributed by atoms with E-state index < -0.39 is 0 Å². The highest BCUT2D eigenvalue weighted by Crippen LogP contribution is 2.73. The Balaban J connectivity index is 1.65. The topological polar surface area (TPSA) is 0 Å². The SMILES string of the molecule is Cc1ccc(CP(C(C)(C)C)C23CC4CC(CC(C4)C2)C3)cc1. The molecule has 0 amide bonds. The molecule has 0 saturated heterocycles. The summed E-state index contributed by atoms with van der Waals surface area (Å²) in [5.74, 6) is 3.23. The van der Waals surface area contributed by atoms with Crippen LogP contribution in [-0.2, 0) is 6.16 Å². The third kappa shape index (κ3) is 3.02. The lowest BCUT2D eigenvalue weighted by Gasteiger charge is -2.62. The van der Waals surface area contributed by atoms with Crippen LogP contribution in [0.4, 0.5) is 0 Å². The van der Waals surface area contributed by atoms with Crippen LogP contribution in [0.2, 0.25) is 0 Å². The van der Waals surface area contributed by atoms with Gasteiger partial charge in [0.25, 0.3) is 0 Å². The molecule has 1 heteroatoms. The lowest BCUT2D eigenvalue weighted by molar-refractivity contribution is 0.0347. The van der Waals surface area contributed by atoms with Crippen LogP contribution in [0.15, 0.2) is 24.3 Å². The summed E-state index contributed by atoms with van der Waals surface area (Å²) < 4.78 is 0. The normalized spacial score (nSPS) is 37.1. The van der Waals surface area contributed by atoms with Gasteiger partial charge in [-0.3, -0.25) is 0 Å². The Kier molecular flexibility index (Phi) is 3.92. The van der Waals surface area contributed by atoms with E-state index in [4.69, 9.17) is 0 Å². The molecular weight excluding hydrogens is 295 g/mol. The molecule has 126 valence electrons. The van der Waals surface area contributed by atoms with Gasteiger partial charge in [0.2, 0.25) is 0 Å². The number of benzene rings is 1. The summed E-state index contributed by atoms with van der Waals surface area (Å²) in [5.41, 5.74) is 2.98. The molecule has 0 nitrogen and oxygen atoms in total. The van der Waals surface area contributed by atoms with Gasteiger partial charge in [-0.15, -0.1) is 0 Å². The fourth-order valence-corrected chi connectivity index (χ4v) is 10.6. The van der Waals surface area contributed by atoms with Crippen LogP contribution in [0.3, 0.4) is 0 Å². The van der Waals surface area contributed by atoms with Crippen LogP contribution in [-0.4, -0.2) is 10.3 Å². The lowest BCUT2D eigenvalue weighted by atomic mass is 9.56. The van der Waals surface area contributed by atoms with Crippen molar-refractivity contribution in [2.24, 2.45) is 17.8 Å². The van der Waals surface area contributed by atoms with Crippen LogP contribution in [0.5, 0.6) is 0 Å². The fraction of sp³-hybridized carbons (Fsp3) is 0.727.